The first kappa shape index (κ1) is 14.7. The van der Waals surface area contributed by atoms with E-state index in [-0.39, 0.29) is 4.83 Å². The van der Waals surface area contributed by atoms with Gasteiger partial charge in [0.05, 0.1) is 4.83 Å². The quantitative estimate of drug-likeness (QED) is 0.388. The van der Waals surface area contributed by atoms with Gasteiger partial charge in [0, 0.05) is 4.90 Å². The monoisotopic (exact) mass is 356 g/mol. The molecule has 0 fully saturated rings. The molecule has 0 radical (unpaired) electrons. The van der Waals surface area contributed by atoms with Crippen molar-refractivity contribution in [1.29, 1.82) is 0 Å². The van der Waals surface area contributed by atoms with Crippen LogP contribution in [0.15, 0.2) is 65.6 Å². The molecular weight excluding hydrogens is 340 g/mol. The highest BCUT2D eigenvalue weighted by Gasteiger charge is 2.14. The molecule has 0 aliphatic rings. The van der Waals surface area contributed by atoms with Gasteiger partial charge in [-0.05, 0) is 52.8 Å². The lowest BCUT2D eigenvalue weighted by Crippen LogP contribution is -1.95. The van der Waals surface area contributed by atoms with Crippen LogP contribution in [0.3, 0.4) is 0 Å². The van der Waals surface area contributed by atoms with Crippen LogP contribution in [0.4, 0.5) is 0 Å². The van der Waals surface area contributed by atoms with E-state index in [1.54, 1.807) is 11.8 Å². The van der Waals surface area contributed by atoms with Crippen LogP contribution in [0.1, 0.15) is 21.5 Å². The molecule has 3 aromatic rings. The molecule has 106 valence electrons. The lowest BCUT2D eigenvalue weighted by molar-refractivity contribution is 1.18. The van der Waals surface area contributed by atoms with Crippen LogP contribution < -0.4 is 0 Å². The summed E-state index contributed by atoms with van der Waals surface area (Å²) in [5, 5.41) is 2.66. The van der Waals surface area contributed by atoms with Gasteiger partial charge in [-0.2, -0.15) is 0 Å². The van der Waals surface area contributed by atoms with E-state index in [9.17, 15) is 0 Å². The zero-order valence-corrected chi connectivity index (χ0v) is 14.5. The standard InChI is InChI=1S/C19H17BrS/c1-13-7-12-18(17-6-4-3-5-16(13)17)19(20)14-8-10-15(21-2)11-9-14/h3-12,19H,1-2H3. The fourth-order valence-corrected chi connectivity index (χ4v) is 3.76. The first-order chi connectivity index (χ1) is 10.2. The summed E-state index contributed by atoms with van der Waals surface area (Å²) in [6, 6.07) is 21.9. The molecule has 0 heterocycles. The molecule has 0 aliphatic carbocycles. The third-order valence-corrected chi connectivity index (χ3v) is 5.62. The zero-order valence-electron chi connectivity index (χ0n) is 12.1. The molecule has 1 atom stereocenters. The predicted octanol–water partition coefficient (Wildman–Crippen LogP) is 6.35. The van der Waals surface area contributed by atoms with E-state index in [0.717, 1.165) is 0 Å². The van der Waals surface area contributed by atoms with Crippen molar-refractivity contribution in [3.63, 3.8) is 0 Å². The Kier molecular flexibility index (Phi) is 4.37. The second-order valence-corrected chi connectivity index (χ2v) is 6.95. The molecule has 0 aliphatic heterocycles. The summed E-state index contributed by atoms with van der Waals surface area (Å²) in [6.45, 7) is 2.17. The van der Waals surface area contributed by atoms with Crippen LogP contribution in [0.25, 0.3) is 10.8 Å². The first-order valence-electron chi connectivity index (χ1n) is 6.97. The normalized spacial score (nSPS) is 12.5. The third-order valence-electron chi connectivity index (χ3n) is 3.86. The highest BCUT2D eigenvalue weighted by molar-refractivity contribution is 9.09. The highest BCUT2D eigenvalue weighted by Crippen LogP contribution is 2.36. The number of benzene rings is 3. The number of rotatable bonds is 3. The van der Waals surface area contributed by atoms with Crippen molar-refractivity contribution < 1.29 is 0 Å². The summed E-state index contributed by atoms with van der Waals surface area (Å²) in [4.78, 5) is 1.52. The average molecular weight is 357 g/mol. The predicted molar refractivity (Wildman–Crippen MR) is 97.7 cm³/mol. The van der Waals surface area contributed by atoms with Crippen molar-refractivity contribution in [3.8, 4) is 0 Å². The Morgan fingerprint density at radius 3 is 2.19 bits per heavy atom. The fraction of sp³-hybridized carbons (Fsp3) is 0.158. The minimum atomic E-state index is 0.221. The number of thioether (sulfide) groups is 1. The molecule has 0 spiro atoms. The van der Waals surface area contributed by atoms with Crippen LogP contribution in [0.2, 0.25) is 0 Å². The van der Waals surface area contributed by atoms with Crippen LogP contribution in [0, 0.1) is 6.92 Å². The highest BCUT2D eigenvalue weighted by atomic mass is 79.9. The Hall–Kier alpha value is -1.25. The second-order valence-electron chi connectivity index (χ2n) is 5.15. The van der Waals surface area contributed by atoms with Gasteiger partial charge in [0.25, 0.3) is 0 Å². The minimum absolute atomic E-state index is 0.221. The van der Waals surface area contributed by atoms with Gasteiger partial charge < -0.3 is 0 Å². The molecule has 0 amide bonds. The fourth-order valence-electron chi connectivity index (χ4n) is 2.65. The van der Waals surface area contributed by atoms with E-state index in [1.807, 2.05) is 0 Å². The van der Waals surface area contributed by atoms with Crippen LogP contribution in [-0.2, 0) is 0 Å². The summed E-state index contributed by atoms with van der Waals surface area (Å²) in [5.74, 6) is 0. The summed E-state index contributed by atoms with van der Waals surface area (Å²) >= 11 is 5.65. The molecule has 2 heteroatoms. The smallest absolute Gasteiger partial charge is 0.0650 e. The van der Waals surface area contributed by atoms with E-state index >= 15 is 0 Å². The molecule has 0 aromatic heterocycles. The lowest BCUT2D eigenvalue weighted by Gasteiger charge is -2.15. The van der Waals surface area contributed by atoms with E-state index in [2.05, 4.69) is 89.8 Å². The summed E-state index contributed by atoms with van der Waals surface area (Å²) in [5.41, 5.74) is 3.95. The zero-order chi connectivity index (χ0) is 14.8. The van der Waals surface area contributed by atoms with Gasteiger partial charge in [0.15, 0.2) is 0 Å². The van der Waals surface area contributed by atoms with Gasteiger partial charge >= 0.3 is 0 Å². The van der Waals surface area contributed by atoms with Crippen molar-refractivity contribution >= 4 is 38.5 Å². The number of fused-ring (bicyclic) bond motifs is 1. The lowest BCUT2D eigenvalue weighted by atomic mass is 9.96. The van der Waals surface area contributed by atoms with Crippen LogP contribution in [-0.4, -0.2) is 6.26 Å². The van der Waals surface area contributed by atoms with Crippen LogP contribution >= 0.6 is 27.7 Å². The van der Waals surface area contributed by atoms with Gasteiger partial charge in [-0.1, -0.05) is 64.5 Å². The first-order valence-corrected chi connectivity index (χ1v) is 9.11. The molecule has 3 aromatic carbocycles. The van der Waals surface area contributed by atoms with Gasteiger partial charge in [0.2, 0.25) is 0 Å². The Bertz CT molecular complexity index is 762. The Balaban J connectivity index is 2.08. The molecule has 0 bridgehead atoms. The molecule has 0 N–H and O–H groups in total. The summed E-state index contributed by atoms with van der Waals surface area (Å²) in [7, 11) is 0. The number of hydrogen-bond acceptors (Lipinski definition) is 1. The van der Waals surface area contributed by atoms with Gasteiger partial charge in [-0.15, -0.1) is 11.8 Å². The maximum absolute atomic E-state index is 3.88. The SMILES string of the molecule is CSc1ccc(C(Br)c2ccc(C)c3ccccc23)cc1. The van der Waals surface area contributed by atoms with Gasteiger partial charge in [0.1, 0.15) is 0 Å². The van der Waals surface area contributed by atoms with Crippen molar-refractivity contribution in [2.24, 2.45) is 0 Å². The molecule has 1 unspecified atom stereocenters. The number of halogens is 1. The Morgan fingerprint density at radius 2 is 1.52 bits per heavy atom. The molecule has 3 rings (SSSR count). The van der Waals surface area contributed by atoms with E-state index in [4.69, 9.17) is 0 Å². The molecule has 0 saturated carbocycles. The van der Waals surface area contributed by atoms with E-state index < -0.39 is 0 Å². The topological polar surface area (TPSA) is 0 Å². The Morgan fingerprint density at radius 1 is 0.857 bits per heavy atom. The minimum Gasteiger partial charge on any atom is -0.130 e. The third kappa shape index (κ3) is 2.88. The number of aryl methyl sites for hydroxylation is 1. The maximum Gasteiger partial charge on any atom is 0.0650 e. The number of alkyl halides is 1. The van der Waals surface area contributed by atoms with Crippen molar-refractivity contribution in [1.82, 2.24) is 0 Å². The van der Waals surface area contributed by atoms with Crippen LogP contribution in [0.5, 0.6) is 0 Å². The van der Waals surface area contributed by atoms with E-state index in [0.29, 0.717) is 0 Å². The summed E-state index contributed by atoms with van der Waals surface area (Å²) in [6.07, 6.45) is 2.11. The van der Waals surface area contributed by atoms with Crippen molar-refractivity contribution in [3.05, 3.63) is 77.4 Å². The van der Waals surface area contributed by atoms with Crippen molar-refractivity contribution in [2.45, 2.75) is 16.6 Å². The second kappa shape index (κ2) is 6.25. The number of hydrogen-bond donors (Lipinski definition) is 0. The summed E-state index contributed by atoms with van der Waals surface area (Å²) < 4.78 is 0. The maximum atomic E-state index is 3.88. The average Bonchev–Trinajstić information content (AvgIpc) is 2.55. The van der Waals surface area contributed by atoms with Crippen molar-refractivity contribution in [2.75, 3.05) is 6.26 Å². The molecule has 0 saturated heterocycles. The molecule has 0 nitrogen and oxygen atoms in total. The Labute approximate surface area is 138 Å². The molecule has 21 heavy (non-hydrogen) atoms. The van der Waals surface area contributed by atoms with Gasteiger partial charge in [-0.25, -0.2) is 0 Å². The molecular formula is C19H17BrS. The largest absolute Gasteiger partial charge is 0.130 e. The van der Waals surface area contributed by atoms with Gasteiger partial charge in [-0.3, -0.25) is 0 Å². The van der Waals surface area contributed by atoms with E-state index in [1.165, 1.54) is 32.4 Å².